The van der Waals surface area contributed by atoms with Gasteiger partial charge in [0, 0.05) is 24.5 Å². The fourth-order valence-electron chi connectivity index (χ4n) is 2.64. The molecular formula is C15H19ClN2O2. The molecule has 0 spiro atoms. The van der Waals surface area contributed by atoms with Gasteiger partial charge in [0.2, 0.25) is 0 Å². The molecule has 1 aromatic carbocycles. The number of furan rings is 1. The van der Waals surface area contributed by atoms with Gasteiger partial charge in [-0.25, -0.2) is 0 Å². The smallest absolute Gasteiger partial charge is 0.289 e. The summed E-state index contributed by atoms with van der Waals surface area (Å²) in [6.07, 6.45) is 2.16. The number of hydrogen-bond acceptors (Lipinski definition) is 3. The number of piperidine rings is 1. The summed E-state index contributed by atoms with van der Waals surface area (Å²) in [6.45, 7) is 1.57. The van der Waals surface area contributed by atoms with E-state index in [1.165, 1.54) is 0 Å². The predicted molar refractivity (Wildman–Crippen MR) is 81.4 cm³/mol. The number of fused-ring (bicyclic) bond motifs is 1. The van der Waals surface area contributed by atoms with Crippen molar-refractivity contribution in [2.24, 2.45) is 0 Å². The lowest BCUT2D eigenvalue weighted by molar-refractivity contribution is 0.0668. The molecule has 1 unspecified atom stereocenters. The van der Waals surface area contributed by atoms with Crippen molar-refractivity contribution in [2.75, 3.05) is 20.1 Å². The first-order valence-corrected chi connectivity index (χ1v) is 6.73. The van der Waals surface area contributed by atoms with Crippen LogP contribution in [0.3, 0.4) is 0 Å². The number of carbonyl (C=O) groups excluding carboxylic acids is 1. The van der Waals surface area contributed by atoms with Crippen molar-refractivity contribution in [1.29, 1.82) is 0 Å². The van der Waals surface area contributed by atoms with Crippen LogP contribution in [0.25, 0.3) is 11.0 Å². The normalized spacial score (nSPS) is 18.9. The molecule has 20 heavy (non-hydrogen) atoms. The van der Waals surface area contributed by atoms with E-state index in [2.05, 4.69) is 5.32 Å². The number of para-hydroxylation sites is 1. The Morgan fingerprint density at radius 3 is 2.95 bits per heavy atom. The summed E-state index contributed by atoms with van der Waals surface area (Å²) in [5.41, 5.74) is 0.771. The van der Waals surface area contributed by atoms with Gasteiger partial charge in [-0.15, -0.1) is 12.4 Å². The minimum absolute atomic E-state index is 0. The summed E-state index contributed by atoms with van der Waals surface area (Å²) < 4.78 is 5.64. The number of rotatable bonds is 2. The SMILES string of the molecule is CNC1CCCN(C(=O)c2cc3ccccc3o2)C1.Cl. The Bertz CT molecular complexity index is 563. The second-order valence-corrected chi connectivity index (χ2v) is 5.03. The van der Waals surface area contributed by atoms with Crippen LogP contribution in [-0.4, -0.2) is 37.0 Å². The summed E-state index contributed by atoms with van der Waals surface area (Å²) in [6, 6.07) is 9.94. The second kappa shape index (κ2) is 6.29. The lowest BCUT2D eigenvalue weighted by Gasteiger charge is -2.31. The Labute approximate surface area is 124 Å². The number of nitrogens with one attached hydrogen (secondary N) is 1. The van der Waals surface area contributed by atoms with E-state index < -0.39 is 0 Å². The van der Waals surface area contributed by atoms with E-state index in [1.807, 2.05) is 42.3 Å². The molecule has 3 rings (SSSR count). The molecule has 1 aliphatic rings. The van der Waals surface area contributed by atoms with Crippen LogP contribution in [0.4, 0.5) is 0 Å². The molecule has 0 saturated carbocycles. The zero-order valence-corrected chi connectivity index (χ0v) is 12.3. The Morgan fingerprint density at radius 2 is 2.20 bits per heavy atom. The highest BCUT2D eigenvalue weighted by atomic mass is 35.5. The molecule has 0 radical (unpaired) electrons. The molecule has 0 bridgehead atoms. The molecule has 1 fully saturated rings. The average Bonchev–Trinajstić information content (AvgIpc) is 2.90. The van der Waals surface area contributed by atoms with Crippen molar-refractivity contribution in [2.45, 2.75) is 18.9 Å². The lowest BCUT2D eigenvalue weighted by atomic mass is 10.1. The van der Waals surface area contributed by atoms with Crippen molar-refractivity contribution in [3.05, 3.63) is 36.1 Å². The molecule has 4 nitrogen and oxygen atoms in total. The molecule has 0 aliphatic carbocycles. The summed E-state index contributed by atoms with van der Waals surface area (Å²) in [5.74, 6) is 0.439. The molecule has 108 valence electrons. The van der Waals surface area contributed by atoms with Crippen LogP contribution in [0.2, 0.25) is 0 Å². The van der Waals surface area contributed by atoms with Gasteiger partial charge < -0.3 is 14.6 Å². The second-order valence-electron chi connectivity index (χ2n) is 5.03. The lowest BCUT2D eigenvalue weighted by Crippen LogP contribution is -2.46. The van der Waals surface area contributed by atoms with Gasteiger partial charge >= 0.3 is 0 Å². The Hall–Kier alpha value is -1.52. The van der Waals surface area contributed by atoms with Crippen LogP contribution in [0.15, 0.2) is 34.7 Å². The molecule has 1 N–H and O–H groups in total. The summed E-state index contributed by atoms with van der Waals surface area (Å²) in [4.78, 5) is 14.3. The molecule has 5 heteroatoms. The molecule has 2 aromatic rings. The van der Waals surface area contributed by atoms with E-state index >= 15 is 0 Å². The van der Waals surface area contributed by atoms with Gasteiger partial charge in [0.1, 0.15) is 5.58 Å². The van der Waals surface area contributed by atoms with E-state index in [4.69, 9.17) is 4.42 Å². The standard InChI is InChI=1S/C15H18N2O2.ClH/c1-16-12-6-4-8-17(10-12)15(18)14-9-11-5-2-3-7-13(11)19-14;/h2-3,5,7,9,12,16H,4,6,8,10H2,1H3;1H. The number of benzene rings is 1. The van der Waals surface area contributed by atoms with Gasteiger partial charge in [-0.2, -0.15) is 0 Å². The van der Waals surface area contributed by atoms with Crippen molar-refractivity contribution < 1.29 is 9.21 Å². The van der Waals surface area contributed by atoms with Crippen molar-refractivity contribution in [1.82, 2.24) is 10.2 Å². The first kappa shape index (κ1) is 14.9. The molecule has 1 amide bonds. The highest BCUT2D eigenvalue weighted by Crippen LogP contribution is 2.21. The monoisotopic (exact) mass is 294 g/mol. The number of carbonyl (C=O) groups is 1. The topological polar surface area (TPSA) is 45.5 Å². The highest BCUT2D eigenvalue weighted by molar-refractivity contribution is 5.96. The Kier molecular flexibility index (Phi) is 4.68. The van der Waals surface area contributed by atoms with Gasteiger partial charge in [0.15, 0.2) is 5.76 Å². The maximum absolute atomic E-state index is 12.4. The number of hydrogen-bond donors (Lipinski definition) is 1. The number of likely N-dealkylation sites (N-methyl/N-ethyl adjacent to an activating group) is 1. The quantitative estimate of drug-likeness (QED) is 0.926. The third-order valence-corrected chi connectivity index (χ3v) is 3.75. The van der Waals surface area contributed by atoms with Crippen LogP contribution in [0.5, 0.6) is 0 Å². The fourth-order valence-corrected chi connectivity index (χ4v) is 2.64. The highest BCUT2D eigenvalue weighted by Gasteiger charge is 2.25. The zero-order valence-electron chi connectivity index (χ0n) is 11.5. The van der Waals surface area contributed by atoms with E-state index in [0.29, 0.717) is 11.8 Å². The number of nitrogens with zero attached hydrogens (tertiary/aromatic N) is 1. The molecule has 1 aliphatic heterocycles. The van der Waals surface area contributed by atoms with Crippen molar-refractivity contribution in [3.8, 4) is 0 Å². The molecule has 1 atom stereocenters. The van der Waals surface area contributed by atoms with Crippen LogP contribution in [0, 0.1) is 0 Å². The third-order valence-electron chi connectivity index (χ3n) is 3.75. The third kappa shape index (κ3) is 2.81. The van der Waals surface area contributed by atoms with Gasteiger partial charge in [-0.1, -0.05) is 18.2 Å². The largest absolute Gasteiger partial charge is 0.451 e. The van der Waals surface area contributed by atoms with Crippen LogP contribution >= 0.6 is 12.4 Å². The summed E-state index contributed by atoms with van der Waals surface area (Å²) >= 11 is 0. The molecule has 2 heterocycles. The van der Waals surface area contributed by atoms with Gasteiger partial charge in [0.05, 0.1) is 0 Å². The molecule has 1 aromatic heterocycles. The maximum Gasteiger partial charge on any atom is 0.289 e. The van der Waals surface area contributed by atoms with Gasteiger partial charge in [-0.05, 0) is 32.0 Å². The van der Waals surface area contributed by atoms with Crippen LogP contribution in [0.1, 0.15) is 23.4 Å². The van der Waals surface area contributed by atoms with Crippen LogP contribution in [-0.2, 0) is 0 Å². The van der Waals surface area contributed by atoms with Crippen molar-refractivity contribution >= 4 is 29.3 Å². The van der Waals surface area contributed by atoms with E-state index in [0.717, 1.165) is 36.9 Å². The maximum atomic E-state index is 12.4. The van der Waals surface area contributed by atoms with E-state index in [-0.39, 0.29) is 18.3 Å². The zero-order chi connectivity index (χ0) is 13.2. The average molecular weight is 295 g/mol. The van der Waals surface area contributed by atoms with E-state index in [9.17, 15) is 4.79 Å². The van der Waals surface area contributed by atoms with Crippen LogP contribution < -0.4 is 5.32 Å². The molecular weight excluding hydrogens is 276 g/mol. The van der Waals surface area contributed by atoms with Crippen molar-refractivity contribution in [3.63, 3.8) is 0 Å². The minimum atomic E-state index is -0.00356. The fraction of sp³-hybridized carbons (Fsp3) is 0.400. The first-order valence-electron chi connectivity index (χ1n) is 6.73. The van der Waals surface area contributed by atoms with Gasteiger partial charge in [-0.3, -0.25) is 4.79 Å². The minimum Gasteiger partial charge on any atom is -0.451 e. The molecule has 1 saturated heterocycles. The Morgan fingerprint density at radius 1 is 1.40 bits per heavy atom. The van der Waals surface area contributed by atoms with E-state index in [1.54, 1.807) is 0 Å². The Balaban J connectivity index is 0.00000147. The number of likely N-dealkylation sites (tertiary alicyclic amines) is 1. The van der Waals surface area contributed by atoms with Gasteiger partial charge in [0.25, 0.3) is 5.91 Å². The summed E-state index contributed by atoms with van der Waals surface area (Å²) in [5, 5.41) is 4.22. The summed E-state index contributed by atoms with van der Waals surface area (Å²) in [7, 11) is 1.94. The number of amides is 1. The predicted octanol–water partition coefficient (Wildman–Crippen LogP) is 2.68. The first-order chi connectivity index (χ1) is 9.28. The number of halogens is 1.